The van der Waals surface area contributed by atoms with Gasteiger partial charge in [-0.25, -0.2) is 9.59 Å². The summed E-state index contributed by atoms with van der Waals surface area (Å²) in [7, 11) is 1.66. The lowest BCUT2D eigenvalue weighted by Crippen LogP contribution is -2.47. The molecule has 0 N–H and O–H groups in total. The van der Waals surface area contributed by atoms with Crippen LogP contribution in [0, 0.1) is 0 Å². The van der Waals surface area contributed by atoms with Crippen molar-refractivity contribution in [3.05, 3.63) is 33.7 Å². The van der Waals surface area contributed by atoms with Gasteiger partial charge in [0.1, 0.15) is 5.60 Å². The smallest absolute Gasteiger partial charge is 0.411 e. The third kappa shape index (κ3) is 3.60. The monoisotopic (exact) mass is 336 g/mol. The largest absolute Gasteiger partial charge is 0.464 e. The predicted molar refractivity (Wildman–Crippen MR) is 87.7 cm³/mol. The summed E-state index contributed by atoms with van der Waals surface area (Å²) in [6.45, 7) is 7.51. The molecule has 7 nitrogen and oxygen atoms in total. The van der Waals surface area contributed by atoms with Crippen LogP contribution in [0.5, 0.6) is 0 Å². The first-order valence-electron chi connectivity index (χ1n) is 8.00. The summed E-state index contributed by atoms with van der Waals surface area (Å²) in [4.78, 5) is 38.2. The molecule has 1 unspecified atom stereocenters. The summed E-state index contributed by atoms with van der Waals surface area (Å²) in [5.74, 6) is -0.525. The SMILES string of the molecule is CCOC(=O)C1c2ccc(=O)n(C)c2CCN1C(=O)OC(C)(C)C. The number of rotatable bonds is 2. The first-order valence-corrected chi connectivity index (χ1v) is 8.00. The molecule has 0 aliphatic carbocycles. The zero-order valence-electron chi connectivity index (χ0n) is 14.8. The highest BCUT2D eigenvalue weighted by Crippen LogP contribution is 2.31. The Balaban J connectivity index is 2.46. The van der Waals surface area contributed by atoms with Crippen molar-refractivity contribution in [3.63, 3.8) is 0 Å². The second-order valence-electron chi connectivity index (χ2n) is 6.71. The first kappa shape index (κ1) is 18.0. The predicted octanol–water partition coefficient (Wildman–Crippen LogP) is 1.78. The fourth-order valence-electron chi connectivity index (χ4n) is 2.77. The van der Waals surface area contributed by atoms with Crippen molar-refractivity contribution in [2.45, 2.75) is 45.8 Å². The van der Waals surface area contributed by atoms with Crippen LogP contribution in [0.3, 0.4) is 0 Å². The maximum atomic E-state index is 12.5. The van der Waals surface area contributed by atoms with Crippen molar-refractivity contribution in [1.82, 2.24) is 9.47 Å². The number of hydrogen-bond acceptors (Lipinski definition) is 5. The summed E-state index contributed by atoms with van der Waals surface area (Å²) in [6, 6.07) is 2.08. The van der Waals surface area contributed by atoms with Crippen LogP contribution in [0.1, 0.15) is 45.0 Å². The maximum absolute atomic E-state index is 12.5. The fourth-order valence-corrected chi connectivity index (χ4v) is 2.77. The van der Waals surface area contributed by atoms with Crippen LogP contribution in [0.25, 0.3) is 0 Å². The van der Waals surface area contributed by atoms with E-state index in [-0.39, 0.29) is 18.7 Å². The van der Waals surface area contributed by atoms with E-state index >= 15 is 0 Å². The van der Waals surface area contributed by atoms with E-state index in [0.29, 0.717) is 12.0 Å². The average molecular weight is 336 g/mol. The average Bonchev–Trinajstić information content (AvgIpc) is 2.48. The Labute approximate surface area is 141 Å². The Hall–Kier alpha value is -2.31. The Morgan fingerprint density at radius 3 is 2.54 bits per heavy atom. The highest BCUT2D eigenvalue weighted by atomic mass is 16.6. The van der Waals surface area contributed by atoms with E-state index in [1.54, 1.807) is 40.8 Å². The number of pyridine rings is 1. The van der Waals surface area contributed by atoms with Gasteiger partial charge in [0, 0.05) is 37.3 Å². The number of amides is 1. The van der Waals surface area contributed by atoms with Crippen LogP contribution in [-0.4, -0.2) is 40.3 Å². The fraction of sp³-hybridized carbons (Fsp3) is 0.588. The lowest BCUT2D eigenvalue weighted by atomic mass is 9.96. The Morgan fingerprint density at radius 1 is 1.29 bits per heavy atom. The minimum absolute atomic E-state index is 0.151. The van der Waals surface area contributed by atoms with Gasteiger partial charge in [-0.1, -0.05) is 0 Å². The van der Waals surface area contributed by atoms with Gasteiger partial charge in [-0.2, -0.15) is 0 Å². The summed E-state index contributed by atoms with van der Waals surface area (Å²) in [5.41, 5.74) is 0.523. The van der Waals surface area contributed by atoms with E-state index < -0.39 is 23.7 Å². The van der Waals surface area contributed by atoms with E-state index in [9.17, 15) is 14.4 Å². The van der Waals surface area contributed by atoms with Gasteiger partial charge in [-0.3, -0.25) is 9.69 Å². The highest BCUT2D eigenvalue weighted by molar-refractivity contribution is 5.83. The zero-order valence-corrected chi connectivity index (χ0v) is 14.8. The molecule has 0 bridgehead atoms. The molecule has 1 aliphatic rings. The Bertz CT molecular complexity index is 702. The lowest BCUT2D eigenvalue weighted by Gasteiger charge is -2.37. The quantitative estimate of drug-likeness (QED) is 0.769. The number of nitrogens with zero attached hydrogens (tertiary/aromatic N) is 2. The summed E-state index contributed by atoms with van der Waals surface area (Å²) >= 11 is 0. The van der Waals surface area contributed by atoms with Crippen LogP contribution in [0.15, 0.2) is 16.9 Å². The normalized spacial score (nSPS) is 17.2. The van der Waals surface area contributed by atoms with Crippen LogP contribution in [-0.2, 0) is 27.7 Å². The molecule has 0 radical (unpaired) electrons. The molecule has 0 saturated heterocycles. The molecule has 132 valence electrons. The van der Waals surface area contributed by atoms with Crippen molar-refractivity contribution in [2.24, 2.45) is 7.05 Å². The van der Waals surface area contributed by atoms with Gasteiger partial charge in [-0.05, 0) is 33.8 Å². The van der Waals surface area contributed by atoms with Gasteiger partial charge in [0.25, 0.3) is 0 Å². The standard InChI is InChI=1S/C17H24N2O5/c1-6-23-15(21)14-11-7-8-13(20)18(5)12(11)9-10-19(14)16(22)24-17(2,3)4/h7-8,14H,6,9-10H2,1-5H3. The molecular weight excluding hydrogens is 312 g/mol. The van der Waals surface area contributed by atoms with E-state index in [2.05, 4.69) is 0 Å². The molecule has 1 aliphatic heterocycles. The molecule has 0 saturated carbocycles. The molecule has 7 heteroatoms. The molecule has 0 fully saturated rings. The Kier molecular flexibility index (Phi) is 5.01. The van der Waals surface area contributed by atoms with Crippen LogP contribution >= 0.6 is 0 Å². The number of ether oxygens (including phenoxy) is 2. The molecule has 24 heavy (non-hydrogen) atoms. The second kappa shape index (κ2) is 6.67. The molecule has 0 spiro atoms. The van der Waals surface area contributed by atoms with Gasteiger partial charge >= 0.3 is 12.1 Å². The van der Waals surface area contributed by atoms with Gasteiger partial charge in [-0.15, -0.1) is 0 Å². The number of hydrogen-bond donors (Lipinski definition) is 0. The number of fused-ring (bicyclic) bond motifs is 1. The van der Waals surface area contributed by atoms with E-state index in [1.165, 1.54) is 15.5 Å². The van der Waals surface area contributed by atoms with Crippen LogP contribution < -0.4 is 5.56 Å². The lowest BCUT2D eigenvalue weighted by molar-refractivity contribution is -0.150. The number of carbonyl (C=O) groups excluding carboxylic acids is 2. The summed E-state index contributed by atoms with van der Waals surface area (Å²) in [5, 5.41) is 0. The zero-order chi connectivity index (χ0) is 18.1. The molecule has 1 amide bonds. The molecule has 1 aromatic heterocycles. The van der Waals surface area contributed by atoms with Crippen molar-refractivity contribution < 1.29 is 19.1 Å². The molecule has 0 aromatic carbocycles. The molecular formula is C17H24N2O5. The topological polar surface area (TPSA) is 77.8 Å². The summed E-state index contributed by atoms with van der Waals surface area (Å²) in [6.07, 6.45) is -0.100. The third-order valence-electron chi connectivity index (χ3n) is 3.81. The highest BCUT2D eigenvalue weighted by Gasteiger charge is 2.39. The van der Waals surface area contributed by atoms with E-state index in [4.69, 9.17) is 9.47 Å². The first-order chi connectivity index (χ1) is 11.2. The van der Waals surface area contributed by atoms with E-state index in [1.807, 2.05) is 0 Å². The molecule has 1 aromatic rings. The van der Waals surface area contributed by atoms with Gasteiger partial charge < -0.3 is 14.0 Å². The summed E-state index contributed by atoms with van der Waals surface area (Å²) < 4.78 is 12.1. The molecule has 2 heterocycles. The van der Waals surface area contributed by atoms with Crippen LogP contribution in [0.2, 0.25) is 0 Å². The van der Waals surface area contributed by atoms with Crippen molar-refractivity contribution >= 4 is 12.1 Å². The number of carbonyl (C=O) groups is 2. The third-order valence-corrected chi connectivity index (χ3v) is 3.81. The number of aromatic nitrogens is 1. The number of esters is 1. The van der Waals surface area contributed by atoms with Gasteiger partial charge in [0.2, 0.25) is 5.56 Å². The van der Waals surface area contributed by atoms with Crippen molar-refractivity contribution in [2.75, 3.05) is 13.2 Å². The van der Waals surface area contributed by atoms with Gasteiger partial charge in [0.05, 0.1) is 6.61 Å². The molecule has 1 atom stereocenters. The minimum Gasteiger partial charge on any atom is -0.464 e. The van der Waals surface area contributed by atoms with E-state index in [0.717, 1.165) is 5.69 Å². The maximum Gasteiger partial charge on any atom is 0.411 e. The minimum atomic E-state index is -0.907. The van der Waals surface area contributed by atoms with Gasteiger partial charge in [0.15, 0.2) is 6.04 Å². The van der Waals surface area contributed by atoms with Crippen molar-refractivity contribution in [1.29, 1.82) is 0 Å². The Morgan fingerprint density at radius 2 is 1.96 bits per heavy atom. The van der Waals surface area contributed by atoms with Crippen molar-refractivity contribution in [3.8, 4) is 0 Å². The van der Waals surface area contributed by atoms with Crippen LogP contribution in [0.4, 0.5) is 4.79 Å². The second-order valence-corrected chi connectivity index (χ2v) is 6.71. The molecule has 2 rings (SSSR count).